The summed E-state index contributed by atoms with van der Waals surface area (Å²) in [5.74, 6) is -0.356. The van der Waals surface area contributed by atoms with Crippen molar-refractivity contribution in [3.8, 4) is 0 Å². The van der Waals surface area contributed by atoms with E-state index in [9.17, 15) is 4.79 Å². The third-order valence-corrected chi connectivity index (χ3v) is 2.53. The second-order valence-corrected chi connectivity index (χ2v) is 3.56. The van der Waals surface area contributed by atoms with E-state index in [1.54, 1.807) is 10.9 Å². The predicted octanol–water partition coefficient (Wildman–Crippen LogP) is 0.849. The van der Waals surface area contributed by atoms with Gasteiger partial charge in [-0.3, -0.25) is 0 Å². The summed E-state index contributed by atoms with van der Waals surface area (Å²) in [5, 5.41) is 0. The number of hydrogen-bond acceptors (Lipinski definition) is 4. The van der Waals surface area contributed by atoms with Gasteiger partial charge in [0, 0.05) is 6.61 Å². The van der Waals surface area contributed by atoms with E-state index in [-0.39, 0.29) is 12.1 Å². The highest BCUT2D eigenvalue weighted by Gasteiger charge is 2.19. The van der Waals surface area contributed by atoms with E-state index in [1.807, 2.05) is 0 Å². The van der Waals surface area contributed by atoms with Crippen LogP contribution in [0.3, 0.4) is 0 Å². The van der Waals surface area contributed by atoms with Crippen LogP contribution in [0.2, 0.25) is 0 Å². The molecule has 82 valence electrons. The van der Waals surface area contributed by atoms with Crippen molar-refractivity contribution in [1.82, 2.24) is 9.55 Å². The number of aromatic nitrogens is 2. The van der Waals surface area contributed by atoms with Gasteiger partial charge in [-0.25, -0.2) is 9.78 Å². The largest absolute Gasteiger partial charge is 0.464 e. The fourth-order valence-electron chi connectivity index (χ4n) is 1.75. The third kappa shape index (κ3) is 2.18. The zero-order chi connectivity index (χ0) is 10.7. The molecule has 5 nitrogen and oxygen atoms in total. The molecular weight excluding hydrogens is 196 g/mol. The van der Waals surface area contributed by atoms with Gasteiger partial charge in [-0.2, -0.15) is 0 Å². The highest BCUT2D eigenvalue weighted by molar-refractivity contribution is 5.87. The molecule has 1 aromatic rings. The fourth-order valence-corrected chi connectivity index (χ4v) is 1.75. The van der Waals surface area contributed by atoms with E-state index in [2.05, 4.69) is 9.72 Å². The molecule has 1 unspecified atom stereocenters. The molecule has 0 amide bonds. The quantitative estimate of drug-likeness (QED) is 0.694. The van der Waals surface area contributed by atoms with Gasteiger partial charge in [0.1, 0.15) is 5.69 Å². The van der Waals surface area contributed by atoms with Gasteiger partial charge >= 0.3 is 5.97 Å². The minimum absolute atomic E-state index is 0.197. The molecule has 15 heavy (non-hydrogen) atoms. The molecule has 2 rings (SSSR count). The molecule has 1 saturated heterocycles. The van der Waals surface area contributed by atoms with Gasteiger partial charge in [0.15, 0.2) is 0 Å². The average molecular weight is 210 g/mol. The van der Waals surface area contributed by atoms with Crippen molar-refractivity contribution < 1.29 is 14.3 Å². The lowest BCUT2D eigenvalue weighted by atomic mass is 10.2. The zero-order valence-corrected chi connectivity index (χ0v) is 8.68. The van der Waals surface area contributed by atoms with Crippen molar-refractivity contribution in [2.45, 2.75) is 25.5 Å². The maximum Gasteiger partial charge on any atom is 0.356 e. The number of esters is 1. The molecule has 5 heteroatoms. The number of carbonyl (C=O) groups excluding carboxylic acids is 1. The Balaban J connectivity index is 2.07. The Morgan fingerprint density at radius 2 is 2.67 bits per heavy atom. The van der Waals surface area contributed by atoms with E-state index >= 15 is 0 Å². The second kappa shape index (κ2) is 4.44. The van der Waals surface area contributed by atoms with Crippen LogP contribution in [0.5, 0.6) is 0 Å². The molecule has 0 N–H and O–H groups in total. The van der Waals surface area contributed by atoms with Crippen LogP contribution >= 0.6 is 0 Å². The van der Waals surface area contributed by atoms with Gasteiger partial charge in [-0.1, -0.05) is 0 Å². The standard InChI is InChI=1S/C10H14N2O3/c1-14-10(13)9-5-11-7-12(9)6-8-3-2-4-15-8/h5,7-8H,2-4,6H2,1H3. The Hall–Kier alpha value is -1.36. The summed E-state index contributed by atoms with van der Waals surface area (Å²) in [7, 11) is 1.37. The summed E-state index contributed by atoms with van der Waals surface area (Å²) in [6, 6.07) is 0. The van der Waals surface area contributed by atoms with Gasteiger partial charge in [-0.05, 0) is 12.8 Å². The average Bonchev–Trinajstić information content (AvgIpc) is 2.88. The molecule has 1 aromatic heterocycles. The van der Waals surface area contributed by atoms with Gasteiger partial charge < -0.3 is 14.0 Å². The molecule has 2 heterocycles. The molecule has 0 spiro atoms. The number of nitrogens with zero attached hydrogens (tertiary/aromatic N) is 2. The Kier molecular flexibility index (Phi) is 3.01. The summed E-state index contributed by atoms with van der Waals surface area (Å²) >= 11 is 0. The van der Waals surface area contributed by atoms with Crippen molar-refractivity contribution >= 4 is 5.97 Å². The lowest BCUT2D eigenvalue weighted by Crippen LogP contribution is -2.18. The zero-order valence-electron chi connectivity index (χ0n) is 8.68. The first kappa shape index (κ1) is 10.2. The Bertz CT molecular complexity index is 342. The monoisotopic (exact) mass is 210 g/mol. The molecular formula is C10H14N2O3. The van der Waals surface area contributed by atoms with Gasteiger partial charge in [-0.15, -0.1) is 0 Å². The number of rotatable bonds is 3. The van der Waals surface area contributed by atoms with Crippen LogP contribution in [0.4, 0.5) is 0 Å². The van der Waals surface area contributed by atoms with Gasteiger partial charge in [0.05, 0.1) is 32.3 Å². The van der Waals surface area contributed by atoms with Crippen LogP contribution in [0.25, 0.3) is 0 Å². The fraction of sp³-hybridized carbons (Fsp3) is 0.600. The number of imidazole rings is 1. The van der Waals surface area contributed by atoms with Crippen molar-refractivity contribution in [3.05, 3.63) is 18.2 Å². The number of carbonyl (C=O) groups is 1. The van der Waals surface area contributed by atoms with Gasteiger partial charge in [0.2, 0.25) is 0 Å². The number of ether oxygens (including phenoxy) is 2. The van der Waals surface area contributed by atoms with E-state index in [4.69, 9.17) is 4.74 Å². The van der Waals surface area contributed by atoms with Crippen LogP contribution in [-0.2, 0) is 16.0 Å². The number of hydrogen-bond donors (Lipinski definition) is 0. The summed E-state index contributed by atoms with van der Waals surface area (Å²) in [6.07, 6.45) is 5.48. The van der Waals surface area contributed by atoms with Crippen LogP contribution < -0.4 is 0 Å². The molecule has 0 radical (unpaired) electrons. The maximum absolute atomic E-state index is 11.3. The minimum atomic E-state index is -0.356. The van der Waals surface area contributed by atoms with E-state index in [0.29, 0.717) is 12.2 Å². The highest BCUT2D eigenvalue weighted by Crippen LogP contribution is 2.15. The molecule has 1 aliphatic heterocycles. The van der Waals surface area contributed by atoms with Crippen LogP contribution in [-0.4, -0.2) is 35.3 Å². The molecule has 0 bridgehead atoms. The highest BCUT2D eigenvalue weighted by atomic mass is 16.5. The molecule has 1 aliphatic rings. The Morgan fingerprint density at radius 3 is 3.33 bits per heavy atom. The first-order chi connectivity index (χ1) is 7.31. The van der Waals surface area contributed by atoms with E-state index in [0.717, 1.165) is 19.4 Å². The van der Waals surface area contributed by atoms with Crippen molar-refractivity contribution in [3.63, 3.8) is 0 Å². The molecule has 0 aliphatic carbocycles. The van der Waals surface area contributed by atoms with Crippen molar-refractivity contribution in [2.24, 2.45) is 0 Å². The lowest BCUT2D eigenvalue weighted by molar-refractivity contribution is 0.0577. The molecule has 1 atom stereocenters. The van der Waals surface area contributed by atoms with Crippen molar-refractivity contribution in [2.75, 3.05) is 13.7 Å². The van der Waals surface area contributed by atoms with Crippen LogP contribution in [0.15, 0.2) is 12.5 Å². The number of methoxy groups -OCH3 is 1. The maximum atomic E-state index is 11.3. The van der Waals surface area contributed by atoms with Gasteiger partial charge in [0.25, 0.3) is 0 Å². The van der Waals surface area contributed by atoms with Crippen LogP contribution in [0, 0.1) is 0 Å². The first-order valence-corrected chi connectivity index (χ1v) is 5.01. The van der Waals surface area contributed by atoms with E-state index in [1.165, 1.54) is 13.3 Å². The predicted molar refractivity (Wildman–Crippen MR) is 52.5 cm³/mol. The minimum Gasteiger partial charge on any atom is -0.464 e. The molecule has 0 aromatic carbocycles. The topological polar surface area (TPSA) is 53.3 Å². The third-order valence-electron chi connectivity index (χ3n) is 2.53. The summed E-state index contributed by atoms with van der Waals surface area (Å²) < 4.78 is 11.9. The smallest absolute Gasteiger partial charge is 0.356 e. The molecule has 1 fully saturated rings. The summed E-state index contributed by atoms with van der Waals surface area (Å²) in [4.78, 5) is 15.3. The van der Waals surface area contributed by atoms with Crippen LogP contribution in [0.1, 0.15) is 23.3 Å². The van der Waals surface area contributed by atoms with E-state index < -0.39 is 0 Å². The first-order valence-electron chi connectivity index (χ1n) is 5.01. The summed E-state index contributed by atoms with van der Waals surface area (Å²) in [6.45, 7) is 1.48. The van der Waals surface area contributed by atoms with Crippen molar-refractivity contribution in [1.29, 1.82) is 0 Å². The lowest BCUT2D eigenvalue weighted by Gasteiger charge is -2.11. The summed E-state index contributed by atoms with van der Waals surface area (Å²) in [5.41, 5.74) is 0.480. The SMILES string of the molecule is COC(=O)c1cncn1CC1CCCO1. The Morgan fingerprint density at radius 1 is 1.80 bits per heavy atom. The Labute approximate surface area is 88.0 Å². The normalized spacial score (nSPS) is 20.5. The molecule has 0 saturated carbocycles. The second-order valence-electron chi connectivity index (χ2n) is 3.56.